The van der Waals surface area contributed by atoms with Gasteiger partial charge in [0.2, 0.25) is 5.91 Å². The predicted octanol–water partition coefficient (Wildman–Crippen LogP) is 5.81. The Hall–Kier alpha value is -4.20. The van der Waals surface area contributed by atoms with Gasteiger partial charge in [-0.05, 0) is 74.9 Å². The molecule has 1 N–H and O–H groups in total. The van der Waals surface area contributed by atoms with Crippen LogP contribution in [0.3, 0.4) is 0 Å². The summed E-state index contributed by atoms with van der Waals surface area (Å²) >= 11 is 0. The fraction of sp³-hybridized carbons (Fsp3) is 0.375. The first-order chi connectivity index (χ1) is 19.5. The molecule has 0 saturated heterocycles. The standard InChI is InChI=1S/C32H36N4O4/c1-4-22-20-29(37)36(31(23-14-12-21(2)13-15-23)34-32(38)26-11-7-8-18-33-26)35-30(22)24-16-17-27(39-3)28(19-24)40-25-9-5-6-10-25/h7-8,11-19,22,25,31H,4-6,9-10,20H2,1-3H3,(H,34,38). The van der Waals surface area contributed by atoms with Gasteiger partial charge in [0, 0.05) is 24.1 Å². The Kier molecular flexibility index (Phi) is 8.43. The van der Waals surface area contributed by atoms with Gasteiger partial charge in [0.15, 0.2) is 17.7 Å². The van der Waals surface area contributed by atoms with E-state index in [0.29, 0.717) is 11.5 Å². The normalized spacial score (nSPS) is 18.3. The molecule has 2 amide bonds. The smallest absolute Gasteiger partial charge is 0.271 e. The zero-order valence-electron chi connectivity index (χ0n) is 23.3. The summed E-state index contributed by atoms with van der Waals surface area (Å²) in [5, 5.41) is 9.34. The van der Waals surface area contributed by atoms with Crippen LogP contribution >= 0.6 is 0 Å². The lowest BCUT2D eigenvalue weighted by molar-refractivity contribution is -0.135. The van der Waals surface area contributed by atoms with Crippen molar-refractivity contribution in [2.75, 3.05) is 7.11 Å². The van der Waals surface area contributed by atoms with Crippen molar-refractivity contribution < 1.29 is 19.1 Å². The summed E-state index contributed by atoms with van der Waals surface area (Å²) in [5.74, 6) is 0.754. The van der Waals surface area contributed by atoms with Crippen molar-refractivity contribution in [1.82, 2.24) is 15.3 Å². The third-order valence-electron chi connectivity index (χ3n) is 7.63. The number of hydrogen-bond acceptors (Lipinski definition) is 6. The van der Waals surface area contributed by atoms with Crippen LogP contribution in [0.5, 0.6) is 11.5 Å². The van der Waals surface area contributed by atoms with E-state index in [9.17, 15) is 9.59 Å². The molecule has 40 heavy (non-hydrogen) atoms. The summed E-state index contributed by atoms with van der Waals surface area (Å²) in [5.41, 5.74) is 3.75. The largest absolute Gasteiger partial charge is 0.493 e. The molecule has 1 aliphatic carbocycles. The quantitative estimate of drug-likeness (QED) is 0.370. The molecule has 8 nitrogen and oxygen atoms in total. The molecule has 3 aromatic rings. The van der Waals surface area contributed by atoms with Crippen LogP contribution in [0.4, 0.5) is 0 Å². The lowest BCUT2D eigenvalue weighted by Crippen LogP contribution is -2.46. The van der Waals surface area contributed by atoms with Crippen molar-refractivity contribution in [3.63, 3.8) is 0 Å². The van der Waals surface area contributed by atoms with Crippen LogP contribution < -0.4 is 14.8 Å². The second-order valence-electron chi connectivity index (χ2n) is 10.4. The molecule has 1 saturated carbocycles. The van der Waals surface area contributed by atoms with Gasteiger partial charge >= 0.3 is 0 Å². The second-order valence-corrected chi connectivity index (χ2v) is 10.4. The number of carbonyl (C=O) groups excluding carboxylic acids is 2. The number of amides is 2. The number of aryl methyl sites for hydroxylation is 1. The zero-order valence-corrected chi connectivity index (χ0v) is 23.3. The number of aromatic nitrogens is 1. The first kappa shape index (κ1) is 27.4. The third-order valence-corrected chi connectivity index (χ3v) is 7.63. The number of rotatable bonds is 9. The van der Waals surface area contributed by atoms with Crippen molar-refractivity contribution in [2.24, 2.45) is 11.0 Å². The van der Waals surface area contributed by atoms with E-state index in [-0.39, 0.29) is 36.0 Å². The van der Waals surface area contributed by atoms with E-state index in [1.165, 1.54) is 17.9 Å². The molecule has 2 aromatic carbocycles. The van der Waals surface area contributed by atoms with E-state index in [1.807, 2.05) is 49.4 Å². The number of carbonyl (C=O) groups is 2. The molecule has 1 aromatic heterocycles. The number of ether oxygens (including phenoxy) is 2. The molecule has 208 valence electrons. The molecule has 2 heterocycles. The molecule has 2 unspecified atom stereocenters. The number of pyridine rings is 1. The maximum atomic E-state index is 13.5. The molecular weight excluding hydrogens is 504 g/mol. The first-order valence-electron chi connectivity index (χ1n) is 14.0. The van der Waals surface area contributed by atoms with Crippen LogP contribution in [0.25, 0.3) is 0 Å². The van der Waals surface area contributed by atoms with Crippen molar-refractivity contribution in [3.8, 4) is 11.5 Å². The summed E-state index contributed by atoms with van der Waals surface area (Å²) in [6.07, 6.45) is 6.36. The summed E-state index contributed by atoms with van der Waals surface area (Å²) in [4.78, 5) is 30.9. The van der Waals surface area contributed by atoms with Crippen molar-refractivity contribution in [2.45, 2.75) is 64.6 Å². The number of hydrogen-bond donors (Lipinski definition) is 1. The number of benzene rings is 2. The second kappa shape index (κ2) is 12.3. The summed E-state index contributed by atoms with van der Waals surface area (Å²) in [7, 11) is 1.64. The number of methoxy groups -OCH3 is 1. The zero-order chi connectivity index (χ0) is 28.1. The van der Waals surface area contributed by atoms with Gasteiger partial charge in [-0.1, -0.05) is 42.8 Å². The monoisotopic (exact) mass is 540 g/mol. The van der Waals surface area contributed by atoms with E-state index in [1.54, 1.807) is 31.5 Å². The minimum Gasteiger partial charge on any atom is -0.493 e. The maximum absolute atomic E-state index is 13.5. The van der Waals surface area contributed by atoms with Gasteiger partial charge < -0.3 is 14.8 Å². The van der Waals surface area contributed by atoms with Gasteiger partial charge in [-0.3, -0.25) is 14.6 Å². The molecule has 8 heteroatoms. The Balaban J connectivity index is 1.53. The third kappa shape index (κ3) is 6.01. The highest BCUT2D eigenvalue weighted by Crippen LogP contribution is 2.35. The van der Waals surface area contributed by atoms with E-state index in [4.69, 9.17) is 14.6 Å². The Morgan fingerprint density at radius 3 is 2.52 bits per heavy atom. The van der Waals surface area contributed by atoms with E-state index in [2.05, 4.69) is 17.2 Å². The van der Waals surface area contributed by atoms with Crippen LogP contribution in [0, 0.1) is 12.8 Å². The minimum atomic E-state index is -0.803. The summed E-state index contributed by atoms with van der Waals surface area (Å²) in [6, 6.07) is 18.7. The van der Waals surface area contributed by atoms with Gasteiger partial charge in [0.25, 0.3) is 5.91 Å². The highest BCUT2D eigenvalue weighted by atomic mass is 16.5. The topological polar surface area (TPSA) is 93.1 Å². The van der Waals surface area contributed by atoms with Gasteiger partial charge in [-0.25, -0.2) is 5.01 Å². The molecule has 2 aliphatic rings. The number of hydrazone groups is 1. The van der Waals surface area contributed by atoms with Crippen LogP contribution in [-0.2, 0) is 4.79 Å². The summed E-state index contributed by atoms with van der Waals surface area (Å²) in [6.45, 7) is 4.05. The highest BCUT2D eigenvalue weighted by Gasteiger charge is 2.35. The van der Waals surface area contributed by atoms with Crippen LogP contribution in [0.1, 0.15) is 78.8 Å². The van der Waals surface area contributed by atoms with Crippen LogP contribution in [0.2, 0.25) is 0 Å². The summed E-state index contributed by atoms with van der Waals surface area (Å²) < 4.78 is 11.9. The molecule has 1 aliphatic heterocycles. The Morgan fingerprint density at radius 2 is 1.85 bits per heavy atom. The molecule has 2 atom stereocenters. The molecule has 5 rings (SSSR count). The molecular formula is C32H36N4O4. The van der Waals surface area contributed by atoms with E-state index >= 15 is 0 Å². The van der Waals surface area contributed by atoms with Crippen molar-refractivity contribution in [3.05, 3.63) is 89.2 Å². The van der Waals surface area contributed by atoms with Gasteiger partial charge in [0.1, 0.15) is 5.69 Å². The fourth-order valence-corrected chi connectivity index (χ4v) is 5.33. The Bertz CT molecular complexity index is 1370. The highest BCUT2D eigenvalue weighted by molar-refractivity contribution is 6.06. The van der Waals surface area contributed by atoms with Crippen molar-refractivity contribution in [1.29, 1.82) is 0 Å². The Morgan fingerprint density at radius 1 is 1.07 bits per heavy atom. The van der Waals surface area contributed by atoms with Gasteiger partial charge in [-0.2, -0.15) is 5.10 Å². The average Bonchev–Trinajstić information content (AvgIpc) is 3.50. The van der Waals surface area contributed by atoms with Crippen molar-refractivity contribution >= 4 is 17.5 Å². The van der Waals surface area contributed by atoms with Gasteiger partial charge in [-0.15, -0.1) is 0 Å². The maximum Gasteiger partial charge on any atom is 0.271 e. The fourth-order valence-electron chi connectivity index (χ4n) is 5.33. The Labute approximate surface area is 235 Å². The van der Waals surface area contributed by atoms with E-state index in [0.717, 1.165) is 41.7 Å². The SMILES string of the molecule is CCC1CC(=O)N(C(NC(=O)c2ccccn2)c2ccc(C)cc2)N=C1c1ccc(OC)c(OC2CCCC2)c1. The molecule has 0 bridgehead atoms. The first-order valence-corrected chi connectivity index (χ1v) is 14.0. The van der Waals surface area contributed by atoms with Crippen LogP contribution in [0.15, 0.2) is 72.0 Å². The number of nitrogens with zero attached hydrogens (tertiary/aromatic N) is 3. The molecule has 0 radical (unpaired) electrons. The molecule has 0 spiro atoms. The average molecular weight is 541 g/mol. The van der Waals surface area contributed by atoms with E-state index < -0.39 is 6.17 Å². The molecule has 1 fully saturated rings. The lowest BCUT2D eigenvalue weighted by atomic mass is 9.89. The van der Waals surface area contributed by atoms with Crippen LogP contribution in [-0.4, -0.2) is 40.7 Å². The minimum absolute atomic E-state index is 0.0679. The van der Waals surface area contributed by atoms with Gasteiger partial charge in [0.05, 0.1) is 18.9 Å². The predicted molar refractivity (Wildman–Crippen MR) is 153 cm³/mol. The lowest BCUT2D eigenvalue weighted by Gasteiger charge is -2.35. The number of nitrogens with one attached hydrogen (secondary N) is 1.